The van der Waals surface area contributed by atoms with Gasteiger partial charge in [0.2, 0.25) is 0 Å². The molecule has 0 heterocycles. The van der Waals surface area contributed by atoms with E-state index in [1.54, 1.807) is 0 Å². The van der Waals surface area contributed by atoms with Gasteiger partial charge in [-0.15, -0.1) is 0 Å². The average molecular weight is 928 g/mol. The van der Waals surface area contributed by atoms with Crippen molar-refractivity contribution in [3.05, 3.63) is 36.5 Å². The summed E-state index contributed by atoms with van der Waals surface area (Å²) < 4.78 is 16.8. The van der Waals surface area contributed by atoms with E-state index in [4.69, 9.17) is 14.2 Å². The van der Waals surface area contributed by atoms with Crippen molar-refractivity contribution < 1.29 is 28.6 Å². The predicted octanol–water partition coefficient (Wildman–Crippen LogP) is 19.3. The van der Waals surface area contributed by atoms with Gasteiger partial charge >= 0.3 is 17.9 Å². The molecule has 66 heavy (non-hydrogen) atoms. The first-order chi connectivity index (χ1) is 32.5. The number of carbonyl (C=O) groups excluding carboxylic acids is 3. The van der Waals surface area contributed by atoms with Crippen molar-refractivity contribution in [3.63, 3.8) is 0 Å². The highest BCUT2D eigenvalue weighted by Gasteiger charge is 2.19. The van der Waals surface area contributed by atoms with Crippen LogP contribution in [-0.4, -0.2) is 37.2 Å². The Bertz CT molecular complexity index is 1110. The van der Waals surface area contributed by atoms with E-state index in [1.807, 2.05) is 0 Å². The van der Waals surface area contributed by atoms with Crippen LogP contribution in [0.25, 0.3) is 0 Å². The summed E-state index contributed by atoms with van der Waals surface area (Å²) >= 11 is 0. The van der Waals surface area contributed by atoms with Crippen molar-refractivity contribution in [2.75, 3.05) is 13.2 Å². The van der Waals surface area contributed by atoms with Crippen LogP contribution in [0.5, 0.6) is 0 Å². The Morgan fingerprint density at radius 3 is 0.894 bits per heavy atom. The number of ether oxygens (including phenoxy) is 3. The molecule has 0 saturated heterocycles. The summed E-state index contributed by atoms with van der Waals surface area (Å²) in [7, 11) is 0. The number of carbonyl (C=O) groups is 3. The van der Waals surface area contributed by atoms with Crippen molar-refractivity contribution in [2.45, 2.75) is 316 Å². The van der Waals surface area contributed by atoms with Gasteiger partial charge in [-0.3, -0.25) is 14.4 Å². The second-order valence-corrected chi connectivity index (χ2v) is 19.6. The number of allylic oxidation sites excluding steroid dienone is 6. The first-order valence-corrected chi connectivity index (χ1v) is 29.0. The number of hydrogen-bond acceptors (Lipinski definition) is 6. The molecule has 0 saturated carbocycles. The highest BCUT2D eigenvalue weighted by molar-refractivity contribution is 5.71. The van der Waals surface area contributed by atoms with Crippen molar-refractivity contribution in [2.24, 2.45) is 0 Å². The van der Waals surface area contributed by atoms with E-state index < -0.39 is 6.10 Å². The maximum absolute atomic E-state index is 12.8. The molecular weight excluding hydrogens is 817 g/mol. The largest absolute Gasteiger partial charge is 0.462 e. The fourth-order valence-electron chi connectivity index (χ4n) is 8.46. The molecule has 386 valence electrons. The first kappa shape index (κ1) is 63.6. The zero-order chi connectivity index (χ0) is 47.9. The van der Waals surface area contributed by atoms with E-state index in [0.717, 1.165) is 70.6 Å². The van der Waals surface area contributed by atoms with Crippen molar-refractivity contribution in [1.29, 1.82) is 0 Å². The SMILES string of the molecule is CCCC/C=C\CCCCCCCC(=O)OCC(COC(=O)CCCCCCCCCCCCCCC/C=C\C/C=C\CCCCCCC)OC(=O)CCCCCCCCCCCCCC. The van der Waals surface area contributed by atoms with Crippen LogP contribution in [0.4, 0.5) is 0 Å². The van der Waals surface area contributed by atoms with Gasteiger partial charge in [0.05, 0.1) is 0 Å². The second-order valence-electron chi connectivity index (χ2n) is 19.6. The molecule has 0 aromatic rings. The summed E-state index contributed by atoms with van der Waals surface area (Å²) in [5, 5.41) is 0. The third kappa shape index (κ3) is 52.6. The van der Waals surface area contributed by atoms with Crippen LogP contribution in [0.15, 0.2) is 36.5 Å². The van der Waals surface area contributed by atoms with Crippen LogP contribution in [0.3, 0.4) is 0 Å². The second kappa shape index (κ2) is 55.2. The third-order valence-corrected chi connectivity index (χ3v) is 12.9. The van der Waals surface area contributed by atoms with Crippen molar-refractivity contribution in [3.8, 4) is 0 Å². The number of hydrogen-bond donors (Lipinski definition) is 0. The fourth-order valence-corrected chi connectivity index (χ4v) is 8.46. The Labute approximate surface area is 410 Å². The van der Waals surface area contributed by atoms with Gasteiger partial charge in [0.15, 0.2) is 6.10 Å². The van der Waals surface area contributed by atoms with E-state index in [1.165, 1.54) is 199 Å². The summed E-state index contributed by atoms with van der Waals surface area (Å²) in [6.45, 7) is 6.61. The summed E-state index contributed by atoms with van der Waals surface area (Å²) in [5.74, 6) is -0.868. The van der Waals surface area contributed by atoms with Gasteiger partial charge in [-0.1, -0.05) is 256 Å². The van der Waals surface area contributed by atoms with Gasteiger partial charge in [0.1, 0.15) is 13.2 Å². The molecule has 0 fully saturated rings. The quantitative estimate of drug-likeness (QED) is 0.0262. The fraction of sp³-hybridized carbons (Fsp3) is 0.850. The Morgan fingerprint density at radius 1 is 0.303 bits per heavy atom. The van der Waals surface area contributed by atoms with E-state index in [-0.39, 0.29) is 31.1 Å². The lowest BCUT2D eigenvalue weighted by Crippen LogP contribution is -2.30. The maximum atomic E-state index is 12.8. The van der Waals surface area contributed by atoms with Gasteiger partial charge in [0.25, 0.3) is 0 Å². The monoisotopic (exact) mass is 927 g/mol. The summed E-state index contributed by atoms with van der Waals surface area (Å²) in [6, 6.07) is 0. The molecule has 0 amide bonds. The molecule has 6 heteroatoms. The minimum absolute atomic E-state index is 0.0715. The number of rotatable bonds is 53. The molecule has 1 atom stereocenters. The van der Waals surface area contributed by atoms with Gasteiger partial charge in [-0.05, 0) is 70.6 Å². The van der Waals surface area contributed by atoms with Gasteiger partial charge in [-0.2, -0.15) is 0 Å². The molecule has 6 nitrogen and oxygen atoms in total. The highest BCUT2D eigenvalue weighted by atomic mass is 16.6. The van der Waals surface area contributed by atoms with Crippen LogP contribution < -0.4 is 0 Å². The van der Waals surface area contributed by atoms with Crippen molar-refractivity contribution in [1.82, 2.24) is 0 Å². The Hall–Kier alpha value is -2.37. The van der Waals surface area contributed by atoms with E-state index in [2.05, 4.69) is 57.2 Å². The zero-order valence-electron chi connectivity index (χ0n) is 44.2. The highest BCUT2D eigenvalue weighted by Crippen LogP contribution is 2.16. The van der Waals surface area contributed by atoms with Crippen LogP contribution in [0.2, 0.25) is 0 Å². The van der Waals surface area contributed by atoms with Gasteiger partial charge in [-0.25, -0.2) is 0 Å². The van der Waals surface area contributed by atoms with Gasteiger partial charge in [0, 0.05) is 19.3 Å². The number of unbranched alkanes of at least 4 members (excludes halogenated alkanes) is 36. The van der Waals surface area contributed by atoms with E-state index in [9.17, 15) is 14.4 Å². The van der Waals surface area contributed by atoms with Crippen LogP contribution in [-0.2, 0) is 28.6 Å². The third-order valence-electron chi connectivity index (χ3n) is 12.9. The van der Waals surface area contributed by atoms with Crippen LogP contribution >= 0.6 is 0 Å². The zero-order valence-corrected chi connectivity index (χ0v) is 44.2. The topological polar surface area (TPSA) is 78.9 Å². The maximum Gasteiger partial charge on any atom is 0.306 e. The first-order valence-electron chi connectivity index (χ1n) is 29.0. The Balaban J connectivity index is 4.17. The molecular formula is C60H110O6. The lowest BCUT2D eigenvalue weighted by molar-refractivity contribution is -0.167. The smallest absolute Gasteiger partial charge is 0.306 e. The molecule has 0 bridgehead atoms. The number of esters is 3. The molecule has 0 aromatic heterocycles. The average Bonchev–Trinajstić information content (AvgIpc) is 3.31. The summed E-state index contributed by atoms with van der Waals surface area (Å²) in [5.41, 5.74) is 0. The molecule has 0 N–H and O–H groups in total. The van der Waals surface area contributed by atoms with Crippen LogP contribution in [0, 0.1) is 0 Å². The molecule has 0 aliphatic rings. The lowest BCUT2D eigenvalue weighted by atomic mass is 10.0. The predicted molar refractivity (Wildman–Crippen MR) is 284 cm³/mol. The molecule has 0 aliphatic carbocycles. The minimum atomic E-state index is -0.771. The molecule has 0 aliphatic heterocycles. The molecule has 0 radical (unpaired) electrons. The normalized spacial score (nSPS) is 12.2. The molecule has 0 aromatic carbocycles. The van der Waals surface area contributed by atoms with Crippen LogP contribution in [0.1, 0.15) is 310 Å². The lowest BCUT2D eigenvalue weighted by Gasteiger charge is -2.18. The standard InChI is InChI=1S/C60H110O6/c1-4-7-10-13-16-19-22-24-25-26-27-28-29-30-31-32-33-34-35-36-39-41-44-47-50-53-59(62)65-56-57(55-64-58(61)52-49-46-43-40-37-21-18-15-12-9-6-3)66-60(63)54-51-48-45-42-38-23-20-17-14-11-8-5-2/h15,18,22,24,26-27,57H,4-14,16-17,19-21,23,25,28-56H2,1-3H3/b18-15-,24-22-,27-26-. The van der Waals surface area contributed by atoms with E-state index >= 15 is 0 Å². The van der Waals surface area contributed by atoms with Crippen molar-refractivity contribution >= 4 is 17.9 Å². The summed E-state index contributed by atoms with van der Waals surface area (Å²) in [4.78, 5) is 38.0. The minimum Gasteiger partial charge on any atom is -0.462 e. The summed E-state index contributed by atoms with van der Waals surface area (Å²) in [6.07, 6.45) is 65.7. The molecule has 0 rings (SSSR count). The molecule has 1 unspecified atom stereocenters. The Morgan fingerprint density at radius 2 is 0.561 bits per heavy atom. The molecule has 0 spiro atoms. The Kier molecular flexibility index (Phi) is 53.2. The van der Waals surface area contributed by atoms with Gasteiger partial charge < -0.3 is 14.2 Å². The van der Waals surface area contributed by atoms with E-state index in [0.29, 0.717) is 19.3 Å².